The summed E-state index contributed by atoms with van der Waals surface area (Å²) >= 11 is 0. The van der Waals surface area contributed by atoms with Gasteiger partial charge in [-0.2, -0.15) is 6.07 Å². The third-order valence-electron chi connectivity index (χ3n) is 13.9. The normalized spacial score (nSPS) is 13.2. The molecule has 3 aromatic heterocycles. The van der Waals surface area contributed by atoms with Crippen LogP contribution in [-0.2, 0) is 48.1 Å². The zero-order chi connectivity index (χ0) is 53.4. The molecule has 0 aliphatic carbocycles. The minimum absolute atomic E-state index is 0. The third-order valence-corrected chi connectivity index (χ3v) is 13.9. The van der Waals surface area contributed by atoms with E-state index < -0.39 is 0 Å². The van der Waals surface area contributed by atoms with E-state index in [0.717, 1.165) is 61.3 Å². The number of aromatic nitrogens is 5. The van der Waals surface area contributed by atoms with Crippen LogP contribution in [0, 0.1) is 12.1 Å². The molecule has 0 spiro atoms. The van der Waals surface area contributed by atoms with Gasteiger partial charge < -0.3 is 9.30 Å². The van der Waals surface area contributed by atoms with Gasteiger partial charge in [0.15, 0.2) is 0 Å². The Balaban J connectivity index is 0.00000706. The van der Waals surface area contributed by atoms with Crippen LogP contribution in [0.2, 0.25) is 0 Å². The zero-order valence-corrected chi connectivity index (χ0v) is 49.0. The first-order chi connectivity index (χ1) is 35.3. The fourth-order valence-corrected chi connectivity index (χ4v) is 9.46. The van der Waals surface area contributed by atoms with Crippen molar-refractivity contribution in [1.82, 2.24) is 24.5 Å². The van der Waals surface area contributed by atoms with Gasteiger partial charge >= 0.3 is 27.1 Å². The first-order valence-corrected chi connectivity index (χ1v) is 26.1. The molecule has 10 rings (SSSR count). The van der Waals surface area contributed by atoms with Crippen LogP contribution in [0.25, 0.3) is 61.3 Å². The number of benzene rings is 6. The van der Waals surface area contributed by atoms with Crippen molar-refractivity contribution >= 4 is 39.2 Å². The quantitative estimate of drug-likeness (QED) is 0.112. The molecule has 0 radical (unpaired) electrons. The number of para-hydroxylation sites is 1. The molecule has 0 saturated carbocycles. The summed E-state index contributed by atoms with van der Waals surface area (Å²) in [5.74, 6) is 3.65. The van der Waals surface area contributed by atoms with Gasteiger partial charge in [-0.15, -0.1) is 23.6 Å². The van der Waals surface area contributed by atoms with Crippen molar-refractivity contribution in [2.75, 3.05) is 0 Å². The Bertz CT molecular complexity index is 3660. The molecule has 0 amide bonds. The van der Waals surface area contributed by atoms with Crippen LogP contribution in [-0.4, -0.2) is 39.7 Å². The fourth-order valence-electron chi connectivity index (χ4n) is 9.46. The second kappa shape index (κ2) is 19.8. The van der Waals surface area contributed by atoms with E-state index in [2.05, 4.69) is 228 Å². The molecule has 0 saturated heterocycles. The smallest absolute Gasteiger partial charge is 0.508 e. The van der Waals surface area contributed by atoms with Crippen LogP contribution in [0.5, 0.6) is 11.5 Å². The second-order valence-electron chi connectivity index (χ2n) is 25.1. The summed E-state index contributed by atoms with van der Waals surface area (Å²) in [4.78, 5) is 20.3. The summed E-state index contributed by atoms with van der Waals surface area (Å²) < 4.78 is 13.3. The van der Waals surface area contributed by atoms with Gasteiger partial charge in [0.2, 0.25) is 5.69 Å². The second-order valence-corrected chi connectivity index (χ2v) is 25.1. The number of rotatable bonds is 8. The summed E-state index contributed by atoms with van der Waals surface area (Å²) in [6.07, 6.45) is 5.92. The number of ether oxygens (including phenoxy) is 1. The molecule has 0 N–H and O–H groups in total. The molecule has 0 atom stereocenters. The molecule has 6 aromatic carbocycles. The van der Waals surface area contributed by atoms with Gasteiger partial charge in [0.05, 0.1) is 11.1 Å². The standard InChI is InChI=1S/C67H69N7O.Pt/c1-63(2,3)45-29-25-43(26-30-45)50-22-19-23-51(44-27-31-46(32-28-44)64(4,5)6)59(50)73-37-36-72(42-73)48-20-18-21-49(39-48)75-57-41-56-53(40-54(57)60-69-61(66(10,11)12)71-62(70-60)67(13,14)15)52-38-47(65(7,8)9)33-34-55(52)74(56)58-24-16-17-35-68-58;/h16-38,40H,1-15H3;/q;+2. The molecular weight excluding hydrogens is 1110 g/mol. The Morgan fingerprint density at radius 1 is 0.500 bits per heavy atom. The van der Waals surface area contributed by atoms with Gasteiger partial charge in [0, 0.05) is 34.0 Å². The van der Waals surface area contributed by atoms with Crippen molar-refractivity contribution in [3.63, 3.8) is 0 Å². The van der Waals surface area contributed by atoms with Crippen molar-refractivity contribution in [2.24, 2.45) is 0 Å². The van der Waals surface area contributed by atoms with Gasteiger partial charge in [-0.25, -0.2) is 19.9 Å². The van der Waals surface area contributed by atoms with Crippen molar-refractivity contribution in [3.8, 4) is 51.0 Å². The number of hydrogen-bond acceptors (Lipinski definition) is 5. The Kier molecular flexibility index (Phi) is 14.0. The van der Waals surface area contributed by atoms with E-state index in [1.54, 1.807) is 0 Å². The maximum Gasteiger partial charge on any atom is 2.00 e. The Labute approximate surface area is 464 Å². The predicted octanol–water partition coefficient (Wildman–Crippen LogP) is 16.9. The minimum atomic E-state index is -0.357. The van der Waals surface area contributed by atoms with Crippen molar-refractivity contribution in [2.45, 2.75) is 131 Å². The molecule has 4 heterocycles. The largest absolute Gasteiger partial charge is 2.00 e. The summed E-state index contributed by atoms with van der Waals surface area (Å²) in [5.41, 5.74) is 11.8. The summed E-state index contributed by atoms with van der Waals surface area (Å²) in [6.45, 7) is 33.1. The molecule has 9 heteroatoms. The van der Waals surface area contributed by atoms with Crippen LogP contribution >= 0.6 is 0 Å². The van der Waals surface area contributed by atoms with Crippen LogP contribution in [0.3, 0.4) is 0 Å². The SMILES string of the molecule is CC(C)(C)c1ccc(-c2cccc(-c3ccc(C(C)(C)C)cc3)c2[N+]2=C=[N+](c3[c-]c(Oc4[c-]c5c(cc4-c4nc(C(C)(C)C)nc(C(C)(C)C)n4)c4cc(C(C)(C)C)ccc4n5-c4ccccn4)ccc3)C=C2)cc1.[Pt+2]. The molecule has 8 nitrogen and oxygen atoms in total. The molecule has 0 bridgehead atoms. The van der Waals surface area contributed by atoms with Crippen molar-refractivity contribution < 1.29 is 35.0 Å². The van der Waals surface area contributed by atoms with Crippen molar-refractivity contribution in [1.29, 1.82) is 0 Å². The van der Waals surface area contributed by atoms with Crippen LogP contribution in [0.1, 0.15) is 132 Å². The minimum Gasteiger partial charge on any atom is -0.508 e. The van der Waals surface area contributed by atoms with E-state index in [1.807, 2.05) is 53.4 Å². The number of nitrogens with zero attached hydrogens (tertiary/aromatic N) is 7. The van der Waals surface area contributed by atoms with E-state index in [9.17, 15) is 0 Å². The Hall–Kier alpha value is -7.11. The molecule has 1 aliphatic rings. The monoisotopic (exact) mass is 1180 g/mol. The Morgan fingerprint density at radius 2 is 1.05 bits per heavy atom. The first-order valence-electron chi connectivity index (χ1n) is 26.1. The van der Waals surface area contributed by atoms with E-state index in [4.69, 9.17) is 24.7 Å². The first kappa shape index (κ1) is 53.7. The maximum atomic E-state index is 7.08. The van der Waals surface area contributed by atoms with Crippen LogP contribution in [0.4, 0.5) is 11.4 Å². The fraction of sp³-hybridized carbons (Fsp3) is 0.299. The van der Waals surface area contributed by atoms with E-state index in [1.165, 1.54) is 16.7 Å². The average Bonchev–Trinajstić information content (AvgIpc) is 3.99. The van der Waals surface area contributed by atoms with Crippen molar-refractivity contribution in [3.05, 3.63) is 186 Å². The van der Waals surface area contributed by atoms with Crippen LogP contribution < -0.4 is 4.74 Å². The summed E-state index contributed by atoms with van der Waals surface area (Å²) in [5, 5.41) is 2.06. The Morgan fingerprint density at radius 3 is 1.59 bits per heavy atom. The topological polar surface area (TPSA) is 71.7 Å². The van der Waals surface area contributed by atoms with Gasteiger partial charge in [0.25, 0.3) is 12.4 Å². The van der Waals surface area contributed by atoms with E-state index in [0.29, 0.717) is 34.5 Å². The van der Waals surface area contributed by atoms with Crippen LogP contribution in [0.15, 0.2) is 146 Å². The predicted molar refractivity (Wildman–Crippen MR) is 306 cm³/mol. The third kappa shape index (κ3) is 10.7. The molecule has 1 aliphatic heterocycles. The number of hydrogen-bond donors (Lipinski definition) is 0. The molecule has 76 heavy (non-hydrogen) atoms. The van der Waals surface area contributed by atoms with Gasteiger partial charge in [-0.05, 0) is 85.3 Å². The zero-order valence-electron chi connectivity index (χ0n) is 46.7. The summed E-state index contributed by atoms with van der Waals surface area (Å²) in [6, 6.07) is 56.4. The molecule has 386 valence electrons. The van der Waals surface area contributed by atoms with Gasteiger partial charge in [0.1, 0.15) is 29.0 Å². The number of fused-ring (bicyclic) bond motifs is 3. The molecule has 0 fully saturated rings. The molecule has 9 aromatic rings. The number of pyridine rings is 1. The average molecular weight is 1180 g/mol. The van der Waals surface area contributed by atoms with Gasteiger partial charge in [-0.3, -0.25) is 0 Å². The summed E-state index contributed by atoms with van der Waals surface area (Å²) in [7, 11) is 0. The van der Waals surface area contributed by atoms with Gasteiger partial charge in [-0.1, -0.05) is 203 Å². The molecular formula is C67H69N7OPt+2. The van der Waals surface area contributed by atoms with E-state index in [-0.39, 0.29) is 48.1 Å². The maximum absolute atomic E-state index is 7.08. The van der Waals surface area contributed by atoms with E-state index >= 15 is 0 Å². The molecule has 0 unspecified atom stereocenters.